The van der Waals surface area contributed by atoms with E-state index in [0.29, 0.717) is 5.02 Å². The zero-order valence-corrected chi connectivity index (χ0v) is 14.1. The highest BCUT2D eigenvalue weighted by atomic mass is 127. The van der Waals surface area contributed by atoms with E-state index in [1.54, 1.807) is 0 Å². The standard InChI is InChI=1S/C16H17ClINO/c1-2-15(19)16(11-6-8-12(17)9-7-11)20-14-5-3-4-13(18)10-14/h3-10,15-16H,2,19H2,1H3. The van der Waals surface area contributed by atoms with Crippen LogP contribution in [0.2, 0.25) is 5.02 Å². The third-order valence-corrected chi connectivity index (χ3v) is 4.04. The lowest BCUT2D eigenvalue weighted by Gasteiger charge is -2.25. The highest BCUT2D eigenvalue weighted by Gasteiger charge is 2.20. The summed E-state index contributed by atoms with van der Waals surface area (Å²) >= 11 is 8.21. The van der Waals surface area contributed by atoms with E-state index in [0.717, 1.165) is 21.3 Å². The van der Waals surface area contributed by atoms with Gasteiger partial charge in [-0.1, -0.05) is 36.7 Å². The molecule has 0 aliphatic carbocycles. The van der Waals surface area contributed by atoms with E-state index in [2.05, 4.69) is 29.5 Å². The van der Waals surface area contributed by atoms with Gasteiger partial charge in [0.1, 0.15) is 11.9 Å². The average molecular weight is 402 g/mol. The quantitative estimate of drug-likeness (QED) is 0.730. The van der Waals surface area contributed by atoms with Crippen LogP contribution in [0.5, 0.6) is 5.75 Å². The first-order chi connectivity index (χ1) is 9.60. The first-order valence-electron chi connectivity index (χ1n) is 6.53. The largest absolute Gasteiger partial charge is 0.484 e. The van der Waals surface area contributed by atoms with Gasteiger partial charge in [0.15, 0.2) is 0 Å². The van der Waals surface area contributed by atoms with Crippen LogP contribution in [0.25, 0.3) is 0 Å². The molecule has 2 N–H and O–H groups in total. The Bertz CT molecular complexity index is 559. The Balaban J connectivity index is 2.26. The summed E-state index contributed by atoms with van der Waals surface area (Å²) in [5.41, 5.74) is 7.26. The highest BCUT2D eigenvalue weighted by Crippen LogP contribution is 2.27. The van der Waals surface area contributed by atoms with Crippen molar-refractivity contribution in [3.63, 3.8) is 0 Å². The summed E-state index contributed by atoms with van der Waals surface area (Å²) in [5.74, 6) is 0.834. The zero-order chi connectivity index (χ0) is 14.5. The Morgan fingerprint density at radius 3 is 2.50 bits per heavy atom. The smallest absolute Gasteiger partial charge is 0.139 e. The fourth-order valence-corrected chi connectivity index (χ4v) is 2.60. The first-order valence-corrected chi connectivity index (χ1v) is 7.99. The van der Waals surface area contributed by atoms with Crippen LogP contribution in [0.15, 0.2) is 48.5 Å². The fourth-order valence-electron chi connectivity index (χ4n) is 1.96. The molecule has 0 radical (unpaired) electrons. The van der Waals surface area contributed by atoms with Crippen molar-refractivity contribution >= 4 is 34.2 Å². The molecule has 0 aliphatic heterocycles. The van der Waals surface area contributed by atoms with E-state index in [9.17, 15) is 0 Å². The fraction of sp³-hybridized carbons (Fsp3) is 0.250. The van der Waals surface area contributed by atoms with Gasteiger partial charge >= 0.3 is 0 Å². The number of benzene rings is 2. The van der Waals surface area contributed by atoms with Gasteiger partial charge in [0.25, 0.3) is 0 Å². The second-order valence-electron chi connectivity index (χ2n) is 4.62. The number of hydrogen-bond acceptors (Lipinski definition) is 2. The molecule has 0 spiro atoms. The molecule has 0 aliphatic rings. The predicted octanol–water partition coefficient (Wildman–Crippen LogP) is 4.80. The number of ether oxygens (including phenoxy) is 1. The lowest BCUT2D eigenvalue weighted by atomic mass is 10.0. The molecule has 0 saturated heterocycles. The lowest BCUT2D eigenvalue weighted by Crippen LogP contribution is -2.31. The Kier molecular flexibility index (Phi) is 5.69. The maximum atomic E-state index is 6.21. The van der Waals surface area contributed by atoms with Crippen molar-refractivity contribution in [3.8, 4) is 5.75 Å². The van der Waals surface area contributed by atoms with Crippen LogP contribution in [-0.2, 0) is 0 Å². The van der Waals surface area contributed by atoms with Gasteiger partial charge in [0, 0.05) is 14.6 Å². The summed E-state index contributed by atoms with van der Waals surface area (Å²) in [6.07, 6.45) is 0.674. The van der Waals surface area contributed by atoms with Crippen LogP contribution >= 0.6 is 34.2 Å². The Morgan fingerprint density at radius 1 is 1.20 bits per heavy atom. The number of halogens is 2. The van der Waals surface area contributed by atoms with Crippen molar-refractivity contribution in [1.29, 1.82) is 0 Å². The van der Waals surface area contributed by atoms with E-state index in [1.165, 1.54) is 0 Å². The van der Waals surface area contributed by atoms with Crippen LogP contribution in [0.4, 0.5) is 0 Å². The molecule has 0 amide bonds. The third kappa shape index (κ3) is 4.11. The van der Waals surface area contributed by atoms with Crippen molar-refractivity contribution in [3.05, 3.63) is 62.7 Å². The van der Waals surface area contributed by atoms with Gasteiger partial charge in [-0.25, -0.2) is 0 Å². The maximum absolute atomic E-state index is 6.21. The van der Waals surface area contributed by atoms with Gasteiger partial charge < -0.3 is 10.5 Å². The summed E-state index contributed by atoms with van der Waals surface area (Å²) < 4.78 is 7.24. The monoisotopic (exact) mass is 401 g/mol. The molecular weight excluding hydrogens is 385 g/mol. The van der Waals surface area contributed by atoms with E-state index in [4.69, 9.17) is 22.1 Å². The van der Waals surface area contributed by atoms with E-state index >= 15 is 0 Å². The van der Waals surface area contributed by atoms with E-state index in [1.807, 2.05) is 48.5 Å². The van der Waals surface area contributed by atoms with Gasteiger partial charge in [0.05, 0.1) is 0 Å². The molecule has 2 aromatic carbocycles. The molecule has 2 unspecified atom stereocenters. The minimum absolute atomic E-state index is 0.0611. The molecule has 0 saturated carbocycles. The predicted molar refractivity (Wildman–Crippen MR) is 92.2 cm³/mol. The van der Waals surface area contributed by atoms with Gasteiger partial charge in [-0.15, -0.1) is 0 Å². The number of hydrogen-bond donors (Lipinski definition) is 1. The van der Waals surface area contributed by atoms with Crippen LogP contribution in [-0.4, -0.2) is 6.04 Å². The second kappa shape index (κ2) is 7.29. The Labute approximate surface area is 138 Å². The van der Waals surface area contributed by atoms with Crippen molar-refractivity contribution in [2.45, 2.75) is 25.5 Å². The first kappa shape index (κ1) is 15.6. The van der Waals surface area contributed by atoms with Gasteiger partial charge in [-0.2, -0.15) is 0 Å². The van der Waals surface area contributed by atoms with Crippen molar-refractivity contribution < 1.29 is 4.74 Å². The van der Waals surface area contributed by atoms with Crippen LogP contribution in [0.3, 0.4) is 0 Å². The van der Waals surface area contributed by atoms with Crippen molar-refractivity contribution in [2.24, 2.45) is 5.73 Å². The molecule has 0 heterocycles. The summed E-state index contributed by atoms with van der Waals surface area (Å²) in [6, 6.07) is 15.6. The molecule has 0 bridgehead atoms. The van der Waals surface area contributed by atoms with E-state index in [-0.39, 0.29) is 12.1 Å². The maximum Gasteiger partial charge on any atom is 0.139 e. The van der Waals surface area contributed by atoms with Crippen molar-refractivity contribution in [2.75, 3.05) is 0 Å². The topological polar surface area (TPSA) is 35.2 Å². The SMILES string of the molecule is CCC(N)C(Oc1cccc(I)c1)c1ccc(Cl)cc1. The zero-order valence-electron chi connectivity index (χ0n) is 11.2. The van der Waals surface area contributed by atoms with Gasteiger partial charge in [-0.05, 0) is 64.9 Å². The van der Waals surface area contributed by atoms with Crippen LogP contribution in [0, 0.1) is 3.57 Å². The molecule has 0 aromatic heterocycles. The Hall–Kier alpha value is -0.780. The van der Waals surface area contributed by atoms with Gasteiger partial charge in [0.2, 0.25) is 0 Å². The molecule has 2 rings (SSSR count). The molecule has 2 nitrogen and oxygen atoms in total. The molecule has 106 valence electrons. The van der Waals surface area contributed by atoms with Crippen LogP contribution in [0.1, 0.15) is 25.0 Å². The molecule has 20 heavy (non-hydrogen) atoms. The average Bonchev–Trinajstić information content (AvgIpc) is 2.45. The molecule has 2 atom stereocenters. The molecule has 2 aromatic rings. The van der Waals surface area contributed by atoms with Gasteiger partial charge in [-0.3, -0.25) is 0 Å². The number of rotatable bonds is 5. The summed E-state index contributed by atoms with van der Waals surface area (Å²) in [7, 11) is 0. The van der Waals surface area contributed by atoms with E-state index < -0.39 is 0 Å². The minimum Gasteiger partial charge on any atom is -0.484 e. The second-order valence-corrected chi connectivity index (χ2v) is 6.30. The Morgan fingerprint density at radius 2 is 1.90 bits per heavy atom. The van der Waals surface area contributed by atoms with Crippen LogP contribution < -0.4 is 10.5 Å². The third-order valence-electron chi connectivity index (χ3n) is 3.12. The lowest BCUT2D eigenvalue weighted by molar-refractivity contribution is 0.171. The summed E-state index contributed by atoms with van der Waals surface area (Å²) in [4.78, 5) is 0. The van der Waals surface area contributed by atoms with Crippen molar-refractivity contribution in [1.82, 2.24) is 0 Å². The molecule has 0 fully saturated rings. The molecular formula is C16H17ClINO. The highest BCUT2D eigenvalue weighted by molar-refractivity contribution is 14.1. The molecule has 4 heteroatoms. The number of nitrogens with two attached hydrogens (primary N) is 1. The minimum atomic E-state index is -0.171. The normalized spacial score (nSPS) is 13.8. The summed E-state index contributed by atoms with van der Waals surface area (Å²) in [5, 5.41) is 0.715. The summed E-state index contributed by atoms with van der Waals surface area (Å²) in [6.45, 7) is 2.06.